The van der Waals surface area contributed by atoms with Crippen LogP contribution in [0.2, 0.25) is 0 Å². The number of nitrogens with zero attached hydrogens (tertiary/aromatic N) is 3. The smallest absolute Gasteiger partial charge is 0.317 e. The zero-order valence-electron chi connectivity index (χ0n) is 26.6. The number of hydrogen-bond acceptors (Lipinski definition) is 5. The Labute approximate surface area is 256 Å². The number of likely N-dealkylation sites (N-methyl/N-ethyl adjacent to an activating group) is 1. The molecule has 1 amide bonds. The van der Waals surface area contributed by atoms with Crippen LogP contribution in [0.3, 0.4) is 0 Å². The van der Waals surface area contributed by atoms with Gasteiger partial charge in [-0.25, -0.2) is 8.78 Å². The SMILES string of the molecule is Cc1cc(-c2c(C)cc(F)cc2C)cc(C(CC(=O)O)NC(=O)C(CC(C)C)n2cc(CCN(C)C)n(C)c(=O)c2=O)c1F. The van der Waals surface area contributed by atoms with Gasteiger partial charge in [0, 0.05) is 37.5 Å². The fourth-order valence-corrected chi connectivity index (χ4v) is 5.53. The largest absolute Gasteiger partial charge is 0.481 e. The second-order valence-corrected chi connectivity index (χ2v) is 12.2. The van der Waals surface area contributed by atoms with Crippen molar-refractivity contribution in [2.24, 2.45) is 13.0 Å². The molecule has 0 aliphatic rings. The van der Waals surface area contributed by atoms with Crippen molar-refractivity contribution in [3.8, 4) is 11.1 Å². The van der Waals surface area contributed by atoms with Crippen molar-refractivity contribution in [2.45, 2.75) is 66.0 Å². The summed E-state index contributed by atoms with van der Waals surface area (Å²) in [6.07, 6.45) is 1.47. The molecule has 0 saturated carbocycles. The summed E-state index contributed by atoms with van der Waals surface area (Å²) in [5, 5.41) is 12.4. The Bertz CT molecular complexity index is 1650. The number of amides is 1. The summed E-state index contributed by atoms with van der Waals surface area (Å²) in [5.41, 5.74) is 1.49. The number of halogens is 2. The number of carboxylic acids is 1. The molecule has 3 aromatic rings. The molecule has 0 aliphatic heterocycles. The summed E-state index contributed by atoms with van der Waals surface area (Å²) in [7, 11) is 5.25. The first-order chi connectivity index (χ1) is 20.5. The van der Waals surface area contributed by atoms with Gasteiger partial charge in [-0.3, -0.25) is 23.7 Å². The molecule has 0 fully saturated rings. The van der Waals surface area contributed by atoms with Gasteiger partial charge in [0.2, 0.25) is 5.91 Å². The highest BCUT2D eigenvalue weighted by Gasteiger charge is 2.30. The first-order valence-electron chi connectivity index (χ1n) is 14.6. The van der Waals surface area contributed by atoms with Gasteiger partial charge in [-0.05, 0) is 99.3 Å². The molecule has 1 heterocycles. The predicted octanol–water partition coefficient (Wildman–Crippen LogP) is 4.44. The molecule has 238 valence electrons. The van der Waals surface area contributed by atoms with E-state index in [0.29, 0.717) is 40.9 Å². The standard InChI is InChI=1S/C33H42F2N4O5/c1-18(2)11-27(39-17-24(9-10-37(6)7)38(8)32(43)33(39)44)31(42)36-26(16-28(40)41)25-15-22(12-21(5)30(25)35)29-19(3)13-23(34)14-20(29)4/h12-15,17-18,26-27H,9-11,16H2,1-8H3,(H,36,42)(H,40,41). The minimum atomic E-state index is -1.30. The van der Waals surface area contributed by atoms with Crippen LogP contribution >= 0.6 is 0 Å². The molecule has 2 aromatic carbocycles. The number of carbonyl (C=O) groups excluding carboxylic acids is 1. The highest BCUT2D eigenvalue weighted by atomic mass is 19.1. The third-order valence-corrected chi connectivity index (χ3v) is 7.73. The van der Waals surface area contributed by atoms with Crippen LogP contribution in [0, 0.1) is 38.3 Å². The molecule has 0 spiro atoms. The Morgan fingerprint density at radius 1 is 0.977 bits per heavy atom. The summed E-state index contributed by atoms with van der Waals surface area (Å²) >= 11 is 0. The number of hydrogen-bond donors (Lipinski definition) is 2. The van der Waals surface area contributed by atoms with Crippen molar-refractivity contribution in [1.82, 2.24) is 19.4 Å². The van der Waals surface area contributed by atoms with Crippen LogP contribution in [0.25, 0.3) is 11.1 Å². The lowest BCUT2D eigenvalue weighted by Gasteiger charge is -2.26. The van der Waals surface area contributed by atoms with Gasteiger partial charge in [0.25, 0.3) is 0 Å². The molecule has 1 aromatic heterocycles. The van der Waals surface area contributed by atoms with E-state index >= 15 is 4.39 Å². The molecule has 11 heteroatoms. The topological polar surface area (TPSA) is 114 Å². The summed E-state index contributed by atoms with van der Waals surface area (Å²) in [6, 6.07) is 3.35. The summed E-state index contributed by atoms with van der Waals surface area (Å²) in [6.45, 7) is 9.29. The van der Waals surface area contributed by atoms with Crippen LogP contribution in [-0.4, -0.2) is 51.7 Å². The van der Waals surface area contributed by atoms with Crippen molar-refractivity contribution in [2.75, 3.05) is 20.6 Å². The first-order valence-corrected chi connectivity index (χ1v) is 14.6. The van der Waals surface area contributed by atoms with Crippen LogP contribution in [0.5, 0.6) is 0 Å². The Balaban J connectivity index is 2.14. The lowest BCUT2D eigenvalue weighted by Crippen LogP contribution is -2.47. The van der Waals surface area contributed by atoms with E-state index in [-0.39, 0.29) is 23.5 Å². The van der Waals surface area contributed by atoms with Gasteiger partial charge in [0.1, 0.15) is 17.7 Å². The zero-order chi connectivity index (χ0) is 33.0. The molecule has 9 nitrogen and oxygen atoms in total. The Kier molecular flexibility index (Phi) is 11.0. The van der Waals surface area contributed by atoms with Gasteiger partial charge in [-0.1, -0.05) is 13.8 Å². The fourth-order valence-electron chi connectivity index (χ4n) is 5.53. The van der Waals surface area contributed by atoms with Gasteiger partial charge in [-0.15, -0.1) is 0 Å². The van der Waals surface area contributed by atoms with Gasteiger partial charge in [-0.2, -0.15) is 0 Å². The van der Waals surface area contributed by atoms with Crippen molar-refractivity contribution < 1.29 is 23.5 Å². The quantitative estimate of drug-likeness (QED) is 0.293. The molecule has 0 radical (unpaired) electrons. The monoisotopic (exact) mass is 612 g/mol. The van der Waals surface area contributed by atoms with Crippen LogP contribution in [-0.2, 0) is 23.1 Å². The minimum Gasteiger partial charge on any atom is -0.481 e. The van der Waals surface area contributed by atoms with Crippen molar-refractivity contribution in [3.05, 3.63) is 90.8 Å². The molecule has 2 N–H and O–H groups in total. The van der Waals surface area contributed by atoms with E-state index < -0.39 is 53.1 Å². The first kappa shape index (κ1) is 34.4. The van der Waals surface area contributed by atoms with E-state index in [1.807, 2.05) is 32.8 Å². The average molecular weight is 613 g/mol. The van der Waals surface area contributed by atoms with E-state index in [1.54, 1.807) is 19.9 Å². The lowest BCUT2D eigenvalue weighted by molar-refractivity contribution is -0.138. The second kappa shape index (κ2) is 14.1. The van der Waals surface area contributed by atoms with Gasteiger partial charge >= 0.3 is 17.1 Å². The molecule has 2 unspecified atom stereocenters. The van der Waals surface area contributed by atoms with Crippen LogP contribution < -0.4 is 16.4 Å². The van der Waals surface area contributed by atoms with Gasteiger partial charge < -0.3 is 19.9 Å². The van der Waals surface area contributed by atoms with Crippen molar-refractivity contribution in [1.29, 1.82) is 0 Å². The Morgan fingerprint density at radius 3 is 2.14 bits per heavy atom. The molecule has 2 atom stereocenters. The molecule has 44 heavy (non-hydrogen) atoms. The van der Waals surface area contributed by atoms with E-state index in [2.05, 4.69) is 5.32 Å². The van der Waals surface area contributed by atoms with E-state index in [9.17, 15) is 28.7 Å². The van der Waals surface area contributed by atoms with Crippen molar-refractivity contribution in [3.63, 3.8) is 0 Å². The molecular formula is C33H42F2N4O5. The van der Waals surface area contributed by atoms with E-state index in [4.69, 9.17) is 0 Å². The lowest BCUT2D eigenvalue weighted by atomic mass is 9.90. The Morgan fingerprint density at radius 2 is 1.59 bits per heavy atom. The van der Waals surface area contributed by atoms with Gasteiger partial charge in [0.05, 0.1) is 12.5 Å². The number of nitrogens with one attached hydrogen (secondary N) is 1. The normalized spacial score (nSPS) is 12.9. The zero-order valence-corrected chi connectivity index (χ0v) is 26.6. The molecular weight excluding hydrogens is 570 g/mol. The van der Waals surface area contributed by atoms with Gasteiger partial charge in [0.15, 0.2) is 0 Å². The number of rotatable bonds is 12. The predicted molar refractivity (Wildman–Crippen MR) is 166 cm³/mol. The number of aromatic nitrogens is 2. The average Bonchev–Trinajstić information content (AvgIpc) is 2.90. The summed E-state index contributed by atoms with van der Waals surface area (Å²) < 4.78 is 32.1. The molecule has 0 saturated heterocycles. The highest BCUT2D eigenvalue weighted by Crippen LogP contribution is 2.34. The number of benzene rings is 2. The van der Waals surface area contributed by atoms with Crippen LogP contribution in [0.15, 0.2) is 40.1 Å². The highest BCUT2D eigenvalue weighted by molar-refractivity contribution is 5.82. The number of carbonyl (C=O) groups is 2. The number of aliphatic carboxylic acids is 1. The van der Waals surface area contributed by atoms with Crippen LogP contribution in [0.4, 0.5) is 8.78 Å². The Hall–Kier alpha value is -4.12. The maximum Gasteiger partial charge on any atom is 0.317 e. The number of aryl methyl sites for hydroxylation is 3. The number of carboxylic acid groups (broad SMARTS) is 1. The van der Waals surface area contributed by atoms with Crippen LogP contribution in [0.1, 0.15) is 66.7 Å². The summed E-state index contributed by atoms with van der Waals surface area (Å²) in [5.74, 6) is -3.17. The van der Waals surface area contributed by atoms with E-state index in [1.165, 1.54) is 42.9 Å². The maximum absolute atomic E-state index is 15.7. The van der Waals surface area contributed by atoms with Crippen molar-refractivity contribution >= 4 is 11.9 Å². The second-order valence-electron chi connectivity index (χ2n) is 12.2. The third kappa shape index (κ3) is 7.88. The summed E-state index contributed by atoms with van der Waals surface area (Å²) in [4.78, 5) is 53.9. The maximum atomic E-state index is 15.7. The van der Waals surface area contributed by atoms with E-state index in [0.717, 1.165) is 4.57 Å². The third-order valence-electron chi connectivity index (χ3n) is 7.73. The molecule has 0 aliphatic carbocycles. The molecule has 0 bridgehead atoms. The minimum absolute atomic E-state index is 0.0508. The fraction of sp³-hybridized carbons (Fsp3) is 0.455. The molecule has 3 rings (SSSR count).